The van der Waals surface area contributed by atoms with Gasteiger partial charge in [0.1, 0.15) is 6.04 Å². The molecular weight excluding hydrogens is 333 g/mol. The third kappa shape index (κ3) is 5.99. The van der Waals surface area contributed by atoms with Gasteiger partial charge in [-0.25, -0.2) is 4.79 Å². The molecule has 1 aromatic carbocycles. The quantitative estimate of drug-likeness (QED) is 0.742. The lowest BCUT2D eigenvalue weighted by molar-refractivity contribution is -0.141. The predicted octanol–water partition coefficient (Wildman–Crippen LogP) is 3.33. The van der Waals surface area contributed by atoms with E-state index in [1.807, 2.05) is 6.26 Å². The highest BCUT2D eigenvalue weighted by Gasteiger charge is 2.18. The molecular formula is C14H15Cl2NO3S. The van der Waals surface area contributed by atoms with Crippen molar-refractivity contribution in [2.45, 2.75) is 12.5 Å². The van der Waals surface area contributed by atoms with E-state index in [0.717, 1.165) is 0 Å². The molecule has 0 radical (unpaired) electrons. The van der Waals surface area contributed by atoms with Crippen molar-refractivity contribution in [3.05, 3.63) is 39.9 Å². The number of thioether (sulfide) groups is 1. The molecule has 0 heterocycles. The number of nitrogens with one attached hydrogen (secondary N) is 1. The number of rotatable bonds is 7. The van der Waals surface area contributed by atoms with Crippen LogP contribution in [-0.4, -0.2) is 35.0 Å². The van der Waals surface area contributed by atoms with E-state index in [0.29, 0.717) is 27.8 Å². The minimum Gasteiger partial charge on any atom is -0.480 e. The molecule has 0 aliphatic carbocycles. The Morgan fingerprint density at radius 1 is 1.43 bits per heavy atom. The summed E-state index contributed by atoms with van der Waals surface area (Å²) < 4.78 is 0. The fourth-order valence-electron chi connectivity index (χ4n) is 1.53. The molecule has 0 fully saturated rings. The SMILES string of the molecule is CSCC[C@H](NC(=O)/C=C/c1cccc(Cl)c1Cl)C(=O)O. The average molecular weight is 348 g/mol. The van der Waals surface area contributed by atoms with Gasteiger partial charge >= 0.3 is 5.97 Å². The third-order valence-electron chi connectivity index (χ3n) is 2.62. The molecule has 0 spiro atoms. The minimum atomic E-state index is -1.05. The highest BCUT2D eigenvalue weighted by atomic mass is 35.5. The number of hydrogen-bond acceptors (Lipinski definition) is 3. The lowest BCUT2D eigenvalue weighted by Crippen LogP contribution is -2.40. The van der Waals surface area contributed by atoms with E-state index < -0.39 is 17.9 Å². The summed E-state index contributed by atoms with van der Waals surface area (Å²) in [5, 5.41) is 12.2. The fourth-order valence-corrected chi connectivity index (χ4v) is 2.37. The summed E-state index contributed by atoms with van der Waals surface area (Å²) >= 11 is 13.4. The van der Waals surface area contributed by atoms with Crippen LogP contribution >= 0.6 is 35.0 Å². The first-order chi connectivity index (χ1) is 9.95. The zero-order chi connectivity index (χ0) is 15.8. The van der Waals surface area contributed by atoms with Crippen molar-refractivity contribution < 1.29 is 14.7 Å². The Labute approximate surface area is 137 Å². The van der Waals surface area contributed by atoms with Crippen molar-refractivity contribution >= 4 is 52.9 Å². The van der Waals surface area contributed by atoms with Crippen molar-refractivity contribution in [1.82, 2.24) is 5.32 Å². The van der Waals surface area contributed by atoms with Crippen LogP contribution in [0.4, 0.5) is 0 Å². The van der Waals surface area contributed by atoms with Crippen LogP contribution in [0.1, 0.15) is 12.0 Å². The highest BCUT2D eigenvalue weighted by Crippen LogP contribution is 2.26. The molecule has 2 N–H and O–H groups in total. The van der Waals surface area contributed by atoms with E-state index >= 15 is 0 Å². The van der Waals surface area contributed by atoms with Gasteiger partial charge in [-0.05, 0) is 36.1 Å². The maximum Gasteiger partial charge on any atom is 0.326 e. The summed E-state index contributed by atoms with van der Waals surface area (Å²) in [5.41, 5.74) is 0.593. The summed E-state index contributed by atoms with van der Waals surface area (Å²) in [5.74, 6) is -0.882. The molecule has 7 heteroatoms. The maximum absolute atomic E-state index is 11.7. The molecule has 114 valence electrons. The lowest BCUT2D eigenvalue weighted by Gasteiger charge is -2.12. The van der Waals surface area contributed by atoms with Gasteiger partial charge in [-0.3, -0.25) is 4.79 Å². The van der Waals surface area contributed by atoms with Crippen LogP contribution < -0.4 is 5.32 Å². The van der Waals surface area contributed by atoms with Gasteiger partial charge in [0.25, 0.3) is 0 Å². The van der Waals surface area contributed by atoms with Crippen LogP contribution in [0, 0.1) is 0 Å². The Hall–Kier alpha value is -1.17. The van der Waals surface area contributed by atoms with Crippen LogP contribution in [0.2, 0.25) is 10.0 Å². The number of carbonyl (C=O) groups excluding carboxylic acids is 1. The van der Waals surface area contributed by atoms with E-state index in [9.17, 15) is 9.59 Å². The van der Waals surface area contributed by atoms with E-state index in [1.165, 1.54) is 23.9 Å². The van der Waals surface area contributed by atoms with Gasteiger partial charge in [0, 0.05) is 6.08 Å². The van der Waals surface area contributed by atoms with Gasteiger partial charge in [0.15, 0.2) is 0 Å². The van der Waals surface area contributed by atoms with Crippen molar-refractivity contribution in [2.24, 2.45) is 0 Å². The molecule has 21 heavy (non-hydrogen) atoms. The molecule has 1 rings (SSSR count). The van der Waals surface area contributed by atoms with Crippen LogP contribution in [0.15, 0.2) is 24.3 Å². The first-order valence-electron chi connectivity index (χ1n) is 6.10. The van der Waals surface area contributed by atoms with E-state index in [1.54, 1.807) is 18.2 Å². The smallest absolute Gasteiger partial charge is 0.326 e. The monoisotopic (exact) mass is 347 g/mol. The number of amides is 1. The van der Waals surface area contributed by atoms with Gasteiger partial charge in [-0.2, -0.15) is 11.8 Å². The van der Waals surface area contributed by atoms with Gasteiger partial charge in [0.2, 0.25) is 5.91 Å². The van der Waals surface area contributed by atoms with E-state index in [-0.39, 0.29) is 0 Å². The zero-order valence-electron chi connectivity index (χ0n) is 11.3. The van der Waals surface area contributed by atoms with Crippen LogP contribution in [0.5, 0.6) is 0 Å². The van der Waals surface area contributed by atoms with Gasteiger partial charge in [-0.15, -0.1) is 0 Å². The topological polar surface area (TPSA) is 66.4 Å². The molecule has 0 saturated carbocycles. The van der Waals surface area contributed by atoms with Crippen molar-refractivity contribution in [2.75, 3.05) is 12.0 Å². The molecule has 4 nitrogen and oxygen atoms in total. The highest BCUT2D eigenvalue weighted by molar-refractivity contribution is 7.98. The lowest BCUT2D eigenvalue weighted by atomic mass is 10.2. The number of benzene rings is 1. The van der Waals surface area contributed by atoms with Crippen molar-refractivity contribution in [3.8, 4) is 0 Å². The molecule has 0 unspecified atom stereocenters. The second-order valence-corrected chi connectivity index (χ2v) is 5.93. The summed E-state index contributed by atoms with van der Waals surface area (Å²) in [7, 11) is 0. The summed E-state index contributed by atoms with van der Waals surface area (Å²) in [6.45, 7) is 0. The maximum atomic E-state index is 11.7. The Morgan fingerprint density at radius 3 is 2.76 bits per heavy atom. The summed E-state index contributed by atoms with van der Waals surface area (Å²) in [6.07, 6.45) is 4.99. The average Bonchev–Trinajstić information content (AvgIpc) is 2.44. The standard InChI is InChI=1S/C14H15Cl2NO3S/c1-21-8-7-11(14(19)20)17-12(18)6-5-9-3-2-4-10(15)13(9)16/h2-6,11H,7-8H2,1H3,(H,17,18)(H,19,20)/b6-5+/t11-/m0/s1. The predicted molar refractivity (Wildman–Crippen MR) is 88.1 cm³/mol. The van der Waals surface area contributed by atoms with Crippen LogP contribution in [-0.2, 0) is 9.59 Å². The second-order valence-electron chi connectivity index (χ2n) is 4.16. The fraction of sp³-hybridized carbons (Fsp3) is 0.286. The molecule has 1 aromatic rings. The summed E-state index contributed by atoms with van der Waals surface area (Å²) in [4.78, 5) is 22.8. The number of carbonyl (C=O) groups is 2. The number of halogens is 2. The number of aliphatic carboxylic acids is 1. The Kier molecular flexibility index (Phi) is 7.64. The van der Waals surface area contributed by atoms with Crippen molar-refractivity contribution in [3.63, 3.8) is 0 Å². The Morgan fingerprint density at radius 2 is 2.14 bits per heavy atom. The third-order valence-corrected chi connectivity index (χ3v) is 4.10. The zero-order valence-corrected chi connectivity index (χ0v) is 13.6. The largest absolute Gasteiger partial charge is 0.480 e. The Balaban J connectivity index is 2.69. The molecule has 1 amide bonds. The number of carboxylic acids is 1. The first-order valence-corrected chi connectivity index (χ1v) is 8.25. The molecule has 1 atom stereocenters. The molecule has 0 aromatic heterocycles. The summed E-state index contributed by atoms with van der Waals surface area (Å²) in [6, 6.07) is 4.17. The van der Waals surface area contributed by atoms with Crippen molar-refractivity contribution in [1.29, 1.82) is 0 Å². The molecule has 0 aliphatic heterocycles. The van der Waals surface area contributed by atoms with Crippen LogP contribution in [0.3, 0.4) is 0 Å². The number of hydrogen-bond donors (Lipinski definition) is 2. The second kappa shape index (κ2) is 8.97. The molecule has 0 bridgehead atoms. The molecule has 0 saturated heterocycles. The first kappa shape index (κ1) is 17.9. The van der Waals surface area contributed by atoms with E-state index in [2.05, 4.69) is 5.32 Å². The van der Waals surface area contributed by atoms with Gasteiger partial charge in [-0.1, -0.05) is 35.3 Å². The minimum absolute atomic E-state index is 0.348. The van der Waals surface area contributed by atoms with Crippen LogP contribution in [0.25, 0.3) is 6.08 Å². The molecule has 0 aliphatic rings. The van der Waals surface area contributed by atoms with E-state index in [4.69, 9.17) is 28.3 Å². The Bertz CT molecular complexity index is 549. The van der Waals surface area contributed by atoms with Gasteiger partial charge in [0.05, 0.1) is 10.0 Å². The number of carboxylic acid groups (broad SMARTS) is 1. The van der Waals surface area contributed by atoms with Gasteiger partial charge < -0.3 is 10.4 Å². The normalized spacial score (nSPS) is 12.3.